The number of nitrogens with two attached hydrogens (primary N) is 3. The summed E-state index contributed by atoms with van der Waals surface area (Å²) in [4.78, 5) is 40.3. The lowest BCUT2D eigenvalue weighted by Crippen LogP contribution is -2.50. The fourth-order valence-electron chi connectivity index (χ4n) is 4.66. The number of anilines is 2. The van der Waals surface area contributed by atoms with Crippen LogP contribution in [0.25, 0.3) is 10.9 Å². The molecular weight excluding hydrogens is 575 g/mol. The average molecular weight is 612 g/mol. The lowest BCUT2D eigenvalue weighted by atomic mass is 10.0. The number of H-pyrrole nitrogens is 1. The van der Waals surface area contributed by atoms with Crippen molar-refractivity contribution < 1.29 is 22.8 Å². The topological polar surface area (TPSA) is 181 Å². The molecule has 0 radical (unpaired) electrons. The molecule has 14 heteroatoms. The van der Waals surface area contributed by atoms with Gasteiger partial charge in [-0.2, -0.15) is 13.2 Å². The number of para-hydroxylation sites is 1. The molecule has 9 N–H and O–H groups in total. The van der Waals surface area contributed by atoms with Crippen LogP contribution in [0.2, 0.25) is 0 Å². The highest BCUT2D eigenvalue weighted by Gasteiger charge is 2.30. The van der Waals surface area contributed by atoms with Crippen LogP contribution in [0.1, 0.15) is 23.2 Å². The lowest BCUT2D eigenvalue weighted by molar-refractivity contribution is -0.137. The van der Waals surface area contributed by atoms with E-state index in [1.807, 2.05) is 29.2 Å². The van der Waals surface area contributed by atoms with Crippen LogP contribution in [-0.4, -0.2) is 65.0 Å². The van der Waals surface area contributed by atoms with Crippen LogP contribution in [0.15, 0.2) is 67.0 Å². The van der Waals surface area contributed by atoms with Gasteiger partial charge in [0, 0.05) is 43.7 Å². The minimum absolute atomic E-state index is 0.109. The number of aromatic amines is 1. The highest BCUT2D eigenvalue weighted by Crippen LogP contribution is 2.29. The van der Waals surface area contributed by atoms with Crippen molar-refractivity contribution in [2.75, 3.05) is 36.4 Å². The molecule has 0 aliphatic rings. The number of hydrogen-bond donors (Lipinski definition) is 6. The molecule has 0 saturated heterocycles. The predicted octanol–water partition coefficient (Wildman–Crippen LogP) is 2.33. The van der Waals surface area contributed by atoms with Crippen LogP contribution in [0.3, 0.4) is 0 Å². The van der Waals surface area contributed by atoms with E-state index in [0.717, 1.165) is 23.0 Å². The summed E-state index contributed by atoms with van der Waals surface area (Å²) in [6.07, 6.45) is -0.928. The summed E-state index contributed by atoms with van der Waals surface area (Å²) in [5.41, 5.74) is 19.2. The molecule has 2 amide bonds. The molecule has 2 aromatic carbocycles. The van der Waals surface area contributed by atoms with Gasteiger partial charge in [0.1, 0.15) is 6.04 Å². The first-order chi connectivity index (χ1) is 21.1. The number of rotatable bonds is 14. The average Bonchev–Trinajstić information content (AvgIpc) is 3.47. The summed E-state index contributed by atoms with van der Waals surface area (Å²) >= 11 is 0. The summed E-state index contributed by atoms with van der Waals surface area (Å²) in [5, 5.41) is 6.31. The van der Waals surface area contributed by atoms with Crippen LogP contribution >= 0.6 is 0 Å². The Balaban J connectivity index is 1.46. The van der Waals surface area contributed by atoms with Crippen molar-refractivity contribution in [1.82, 2.24) is 20.3 Å². The summed E-state index contributed by atoms with van der Waals surface area (Å²) in [5.74, 6) is -0.537. The molecule has 0 spiro atoms. The molecule has 0 aliphatic heterocycles. The maximum Gasteiger partial charge on any atom is 0.416 e. The van der Waals surface area contributed by atoms with Crippen molar-refractivity contribution >= 4 is 34.4 Å². The smallest absolute Gasteiger partial charge is 0.343 e. The second-order valence-corrected chi connectivity index (χ2v) is 10.3. The van der Waals surface area contributed by atoms with E-state index in [1.54, 1.807) is 12.3 Å². The van der Waals surface area contributed by atoms with Crippen LogP contribution in [0.4, 0.5) is 24.8 Å². The van der Waals surface area contributed by atoms with Gasteiger partial charge in [-0.15, -0.1) is 0 Å². The zero-order valence-electron chi connectivity index (χ0n) is 24.0. The van der Waals surface area contributed by atoms with E-state index in [4.69, 9.17) is 17.2 Å². The highest BCUT2D eigenvalue weighted by atomic mass is 19.4. The Morgan fingerprint density at radius 2 is 1.66 bits per heavy atom. The number of nitrogens with one attached hydrogen (secondary N) is 3. The molecule has 2 atom stereocenters. The number of hydrogen-bond acceptors (Lipinski definition) is 8. The summed E-state index contributed by atoms with van der Waals surface area (Å²) in [6, 6.07) is 11.8. The van der Waals surface area contributed by atoms with Crippen molar-refractivity contribution in [2.24, 2.45) is 17.2 Å². The van der Waals surface area contributed by atoms with Crippen molar-refractivity contribution in [3.05, 3.63) is 83.8 Å². The maximum atomic E-state index is 13.4. The number of amides is 2. The second-order valence-electron chi connectivity index (χ2n) is 10.3. The van der Waals surface area contributed by atoms with Gasteiger partial charge in [0.25, 0.3) is 0 Å². The summed E-state index contributed by atoms with van der Waals surface area (Å²) in [7, 11) is 0. The Hall–Kier alpha value is -4.53. The number of aryl methyl sites for hydroxylation is 1. The Bertz CT molecular complexity index is 1540. The standard InChI is InChI=1S/C30H36F3N9O2/c31-30(32,33)21-8-5-19(6-9-21)7-10-26(28(44)39-22-15-20-3-1-2-4-25(20)37-17-22)41-27(43)24(36)16-23-18-38-29(40-23)42(13-11-34)14-12-35/h1-6,8-9,15,17-18,24,26H,7,10-14,16,34-36H2,(H,38,40)(H,39,44)(H,41,43). The normalized spacial score (nSPS) is 13.0. The van der Waals surface area contributed by atoms with Gasteiger partial charge in [0.05, 0.1) is 35.2 Å². The van der Waals surface area contributed by atoms with E-state index >= 15 is 0 Å². The minimum Gasteiger partial charge on any atom is -0.343 e. The number of fused-ring (bicyclic) bond motifs is 1. The fourth-order valence-corrected chi connectivity index (χ4v) is 4.66. The molecule has 0 saturated carbocycles. The van der Waals surface area contributed by atoms with E-state index in [2.05, 4.69) is 25.6 Å². The van der Waals surface area contributed by atoms with Crippen molar-refractivity contribution in [2.45, 2.75) is 37.5 Å². The minimum atomic E-state index is -4.46. The Morgan fingerprint density at radius 1 is 0.955 bits per heavy atom. The number of imidazole rings is 1. The van der Waals surface area contributed by atoms with Gasteiger partial charge in [-0.05, 0) is 42.7 Å². The number of nitrogens with zero attached hydrogens (tertiary/aromatic N) is 3. The maximum absolute atomic E-state index is 13.4. The molecule has 4 aromatic rings. The first-order valence-electron chi connectivity index (χ1n) is 14.1. The van der Waals surface area contributed by atoms with Gasteiger partial charge in [0.2, 0.25) is 17.8 Å². The second kappa shape index (κ2) is 14.8. The molecule has 2 unspecified atom stereocenters. The molecule has 0 bridgehead atoms. The number of carbonyl (C=O) groups is 2. The number of pyridine rings is 1. The first-order valence-corrected chi connectivity index (χ1v) is 14.1. The Morgan fingerprint density at radius 3 is 2.34 bits per heavy atom. The number of aromatic nitrogens is 3. The zero-order chi connectivity index (χ0) is 31.7. The van der Waals surface area contributed by atoms with Gasteiger partial charge in [-0.25, -0.2) is 4.98 Å². The number of alkyl halides is 3. The molecule has 2 heterocycles. The van der Waals surface area contributed by atoms with Gasteiger partial charge >= 0.3 is 6.18 Å². The molecule has 11 nitrogen and oxygen atoms in total. The largest absolute Gasteiger partial charge is 0.416 e. The molecule has 2 aromatic heterocycles. The lowest BCUT2D eigenvalue weighted by Gasteiger charge is -2.21. The van der Waals surface area contributed by atoms with Crippen LogP contribution in [-0.2, 0) is 28.6 Å². The van der Waals surface area contributed by atoms with E-state index < -0.39 is 35.6 Å². The highest BCUT2D eigenvalue weighted by molar-refractivity contribution is 5.99. The molecule has 4 rings (SSSR count). The third-order valence-electron chi connectivity index (χ3n) is 6.98. The van der Waals surface area contributed by atoms with Crippen LogP contribution in [0.5, 0.6) is 0 Å². The van der Waals surface area contributed by atoms with E-state index in [9.17, 15) is 22.8 Å². The van der Waals surface area contributed by atoms with Crippen molar-refractivity contribution in [3.8, 4) is 0 Å². The van der Waals surface area contributed by atoms with Gasteiger partial charge in [-0.3, -0.25) is 14.6 Å². The quantitative estimate of drug-likeness (QED) is 0.126. The van der Waals surface area contributed by atoms with Gasteiger partial charge in [0.15, 0.2) is 0 Å². The van der Waals surface area contributed by atoms with Gasteiger partial charge < -0.3 is 37.7 Å². The molecule has 44 heavy (non-hydrogen) atoms. The first kappa shape index (κ1) is 32.4. The zero-order valence-corrected chi connectivity index (χ0v) is 24.0. The Labute approximate surface area is 252 Å². The predicted molar refractivity (Wildman–Crippen MR) is 163 cm³/mol. The van der Waals surface area contributed by atoms with E-state index in [-0.39, 0.29) is 19.3 Å². The third-order valence-corrected chi connectivity index (χ3v) is 6.98. The number of benzene rings is 2. The number of carbonyl (C=O) groups excluding carboxylic acids is 2. The molecule has 0 fully saturated rings. The monoisotopic (exact) mass is 611 g/mol. The molecular formula is C30H36F3N9O2. The number of halogens is 3. The summed E-state index contributed by atoms with van der Waals surface area (Å²) < 4.78 is 39.0. The Kier molecular flexibility index (Phi) is 10.9. The third kappa shape index (κ3) is 8.75. The van der Waals surface area contributed by atoms with Crippen molar-refractivity contribution in [3.63, 3.8) is 0 Å². The van der Waals surface area contributed by atoms with E-state index in [0.29, 0.717) is 49.1 Å². The van der Waals surface area contributed by atoms with Crippen LogP contribution < -0.4 is 32.7 Å². The van der Waals surface area contributed by atoms with E-state index in [1.165, 1.54) is 18.3 Å². The van der Waals surface area contributed by atoms with Crippen molar-refractivity contribution in [1.29, 1.82) is 0 Å². The molecule has 0 aliphatic carbocycles. The molecule has 234 valence electrons. The SMILES string of the molecule is NCCN(CCN)c1ncc(CC(N)C(=O)NC(CCc2ccc(C(F)(F)F)cc2)C(=O)Nc2cnc3ccccc3c2)[nH]1. The van der Waals surface area contributed by atoms with Gasteiger partial charge in [-0.1, -0.05) is 30.3 Å². The van der Waals surface area contributed by atoms with Crippen LogP contribution in [0, 0.1) is 0 Å². The fraction of sp³-hybridized carbons (Fsp3) is 0.333. The summed E-state index contributed by atoms with van der Waals surface area (Å²) in [6.45, 7) is 1.89.